The molecule has 1 fully saturated rings. The van der Waals surface area contributed by atoms with Crippen molar-refractivity contribution in [2.45, 2.75) is 11.7 Å². The number of rotatable bonds is 1. The summed E-state index contributed by atoms with van der Waals surface area (Å²) in [7, 11) is -4.56. The molecule has 1 heterocycles. The molecule has 0 aromatic carbocycles. The van der Waals surface area contributed by atoms with E-state index in [0.29, 0.717) is 0 Å². The highest BCUT2D eigenvalue weighted by molar-refractivity contribution is 7.82. The minimum Gasteiger partial charge on any atom is -0.390 e. The van der Waals surface area contributed by atoms with E-state index in [1.165, 1.54) is 0 Å². The molecule has 0 amide bonds. The van der Waals surface area contributed by atoms with Crippen LogP contribution in [-0.2, 0) is 18.8 Å². The fraction of sp³-hybridized carbons (Fsp3) is 1.00. The highest BCUT2D eigenvalue weighted by atomic mass is 32.3. The maximum atomic E-state index is 10.5. The zero-order valence-electron chi connectivity index (χ0n) is 5.67. The second kappa shape index (κ2) is 2.35. The maximum Gasteiger partial charge on any atom is 0.406 e. The summed E-state index contributed by atoms with van der Waals surface area (Å²) >= 11 is 0. The van der Waals surface area contributed by atoms with E-state index in [0.717, 1.165) is 0 Å². The first-order chi connectivity index (χ1) is 5.22. The standard InChI is InChI=1S/C3H7NO7S/c4-3(7)2(6,1-5)10-12(8,9)11-3/h5-7H,1,4H2. The molecule has 0 aliphatic carbocycles. The summed E-state index contributed by atoms with van der Waals surface area (Å²) < 4.78 is 28.4. The molecule has 1 saturated heterocycles. The first-order valence-corrected chi connectivity index (χ1v) is 4.06. The van der Waals surface area contributed by atoms with Crippen LogP contribution in [0.5, 0.6) is 0 Å². The fourth-order valence-corrected chi connectivity index (χ4v) is 1.59. The van der Waals surface area contributed by atoms with E-state index in [-0.39, 0.29) is 0 Å². The number of aliphatic hydroxyl groups excluding tert-OH is 1. The Morgan fingerprint density at radius 2 is 1.83 bits per heavy atom. The van der Waals surface area contributed by atoms with E-state index in [2.05, 4.69) is 8.37 Å². The topological polar surface area (TPSA) is 139 Å². The van der Waals surface area contributed by atoms with Crippen LogP contribution in [0.2, 0.25) is 0 Å². The van der Waals surface area contributed by atoms with Crippen LogP contribution >= 0.6 is 0 Å². The lowest BCUT2D eigenvalue weighted by Gasteiger charge is -2.25. The normalized spacial score (nSPS) is 46.3. The zero-order chi connectivity index (χ0) is 9.62. The van der Waals surface area contributed by atoms with Crippen molar-refractivity contribution in [1.29, 1.82) is 0 Å². The molecular weight excluding hydrogens is 194 g/mol. The van der Waals surface area contributed by atoms with E-state index >= 15 is 0 Å². The Morgan fingerprint density at radius 3 is 2.00 bits per heavy atom. The number of hydrogen-bond donors (Lipinski definition) is 4. The van der Waals surface area contributed by atoms with Gasteiger partial charge in [0.1, 0.15) is 6.61 Å². The Kier molecular flexibility index (Phi) is 1.92. The first-order valence-electron chi connectivity index (χ1n) is 2.73. The van der Waals surface area contributed by atoms with Gasteiger partial charge in [0.25, 0.3) is 5.79 Å². The third kappa shape index (κ3) is 1.31. The maximum absolute atomic E-state index is 10.5. The minimum atomic E-state index is -4.56. The van der Waals surface area contributed by atoms with Crippen LogP contribution in [0, 0.1) is 0 Å². The van der Waals surface area contributed by atoms with Crippen LogP contribution in [0.3, 0.4) is 0 Å². The van der Waals surface area contributed by atoms with Gasteiger partial charge in [-0.25, -0.2) is 4.18 Å². The molecular formula is C3H7NO7S. The van der Waals surface area contributed by atoms with E-state index in [1.54, 1.807) is 0 Å². The number of nitrogens with two attached hydrogens (primary N) is 1. The van der Waals surface area contributed by atoms with Gasteiger partial charge >= 0.3 is 16.3 Å². The van der Waals surface area contributed by atoms with Gasteiger partial charge in [0.05, 0.1) is 0 Å². The van der Waals surface area contributed by atoms with Crippen LogP contribution in [0.25, 0.3) is 0 Å². The van der Waals surface area contributed by atoms with E-state index in [9.17, 15) is 8.42 Å². The number of hydrogen-bond acceptors (Lipinski definition) is 8. The van der Waals surface area contributed by atoms with Gasteiger partial charge in [0.2, 0.25) is 0 Å². The Hall–Kier alpha value is -0.290. The summed E-state index contributed by atoms with van der Waals surface area (Å²) in [5, 5.41) is 26.3. The van der Waals surface area contributed by atoms with Crippen LogP contribution < -0.4 is 5.73 Å². The van der Waals surface area contributed by atoms with Crippen molar-refractivity contribution in [2.24, 2.45) is 5.73 Å². The summed E-state index contributed by atoms with van der Waals surface area (Å²) in [5.74, 6) is -5.83. The Morgan fingerprint density at radius 1 is 1.33 bits per heavy atom. The molecule has 2 unspecified atom stereocenters. The van der Waals surface area contributed by atoms with Crippen molar-refractivity contribution < 1.29 is 32.1 Å². The average Bonchev–Trinajstić information content (AvgIpc) is 1.98. The summed E-state index contributed by atoms with van der Waals surface area (Å²) in [5.41, 5.74) is 4.76. The van der Waals surface area contributed by atoms with E-state index < -0.39 is 28.7 Å². The fourth-order valence-electron chi connectivity index (χ4n) is 0.606. The van der Waals surface area contributed by atoms with Gasteiger partial charge in [-0.2, -0.15) is 12.6 Å². The van der Waals surface area contributed by atoms with E-state index in [1.807, 2.05) is 0 Å². The van der Waals surface area contributed by atoms with Gasteiger partial charge < -0.3 is 15.3 Å². The molecule has 72 valence electrons. The lowest BCUT2D eigenvalue weighted by Crippen LogP contribution is -2.60. The monoisotopic (exact) mass is 201 g/mol. The van der Waals surface area contributed by atoms with Gasteiger partial charge in [0, 0.05) is 0 Å². The minimum absolute atomic E-state index is 1.22. The Bertz CT molecular complexity index is 283. The molecule has 0 radical (unpaired) electrons. The van der Waals surface area contributed by atoms with Gasteiger partial charge in [-0.1, -0.05) is 0 Å². The second-order valence-corrected chi connectivity index (χ2v) is 3.36. The lowest BCUT2D eigenvalue weighted by molar-refractivity contribution is -0.302. The quantitative estimate of drug-likeness (QED) is 0.321. The molecule has 8 nitrogen and oxygen atoms in total. The molecule has 0 aromatic rings. The molecule has 0 saturated carbocycles. The molecule has 1 aliphatic heterocycles. The molecule has 12 heavy (non-hydrogen) atoms. The molecule has 5 N–H and O–H groups in total. The predicted octanol–water partition coefficient (Wildman–Crippen LogP) is -3.44. The predicted molar refractivity (Wildman–Crippen MR) is 32.3 cm³/mol. The molecule has 1 aliphatic rings. The Labute approximate surface area is 67.5 Å². The van der Waals surface area contributed by atoms with Crippen molar-refractivity contribution in [3.63, 3.8) is 0 Å². The summed E-state index contributed by atoms with van der Waals surface area (Å²) in [6.45, 7) is -1.22. The highest BCUT2D eigenvalue weighted by Gasteiger charge is 2.62. The summed E-state index contributed by atoms with van der Waals surface area (Å²) in [4.78, 5) is 0. The van der Waals surface area contributed by atoms with Crippen molar-refractivity contribution in [3.05, 3.63) is 0 Å². The SMILES string of the molecule is NC1(O)OS(=O)(=O)OC1(O)CO. The first kappa shape index (κ1) is 9.80. The molecule has 1 rings (SSSR count). The van der Waals surface area contributed by atoms with Crippen molar-refractivity contribution in [2.75, 3.05) is 6.61 Å². The largest absolute Gasteiger partial charge is 0.406 e. The second-order valence-electron chi connectivity index (χ2n) is 2.21. The van der Waals surface area contributed by atoms with Gasteiger partial charge in [-0.15, -0.1) is 0 Å². The molecule has 9 heteroatoms. The van der Waals surface area contributed by atoms with Crippen molar-refractivity contribution in [3.8, 4) is 0 Å². The van der Waals surface area contributed by atoms with Crippen LogP contribution in [0.4, 0.5) is 0 Å². The molecule has 2 atom stereocenters. The van der Waals surface area contributed by atoms with Gasteiger partial charge in [-0.05, 0) is 0 Å². The van der Waals surface area contributed by atoms with Crippen molar-refractivity contribution >= 4 is 10.4 Å². The molecule has 0 bridgehead atoms. The molecule has 0 aromatic heterocycles. The van der Waals surface area contributed by atoms with Gasteiger partial charge in [-0.3, -0.25) is 5.73 Å². The average molecular weight is 201 g/mol. The van der Waals surface area contributed by atoms with Gasteiger partial charge in [0.15, 0.2) is 0 Å². The third-order valence-corrected chi connectivity index (χ3v) is 2.18. The zero-order valence-corrected chi connectivity index (χ0v) is 6.48. The van der Waals surface area contributed by atoms with Crippen LogP contribution in [0.15, 0.2) is 0 Å². The Balaban J connectivity index is 3.08. The lowest BCUT2D eigenvalue weighted by atomic mass is 10.2. The van der Waals surface area contributed by atoms with Crippen LogP contribution in [0.1, 0.15) is 0 Å². The van der Waals surface area contributed by atoms with Crippen LogP contribution in [-0.4, -0.2) is 42.0 Å². The third-order valence-electron chi connectivity index (χ3n) is 1.24. The smallest absolute Gasteiger partial charge is 0.390 e. The molecule has 0 spiro atoms. The van der Waals surface area contributed by atoms with E-state index in [4.69, 9.17) is 21.1 Å². The number of aliphatic hydroxyl groups is 3. The summed E-state index contributed by atoms with van der Waals surface area (Å²) in [6.07, 6.45) is 0. The summed E-state index contributed by atoms with van der Waals surface area (Å²) in [6, 6.07) is 0. The van der Waals surface area contributed by atoms with Crippen molar-refractivity contribution in [1.82, 2.24) is 0 Å². The highest BCUT2D eigenvalue weighted by Crippen LogP contribution is 2.32.